The fourth-order valence-corrected chi connectivity index (χ4v) is 4.36. The number of anilines is 1. The second kappa shape index (κ2) is 9.07. The van der Waals surface area contributed by atoms with Crippen LogP contribution in [0.5, 0.6) is 0 Å². The minimum Gasteiger partial charge on any atom is -0.343 e. The number of rotatable bonds is 6. The van der Waals surface area contributed by atoms with Crippen LogP contribution < -0.4 is 10.6 Å². The van der Waals surface area contributed by atoms with Crippen molar-refractivity contribution >= 4 is 39.1 Å². The van der Waals surface area contributed by atoms with Gasteiger partial charge in [0.05, 0.1) is 17.1 Å². The number of carbonyl (C=O) groups is 2. The lowest BCUT2D eigenvalue weighted by molar-refractivity contribution is -0.123. The number of hydrogen-bond donors (Lipinski definition) is 2. The summed E-state index contributed by atoms with van der Waals surface area (Å²) < 4.78 is 38.9. The Balaban J connectivity index is 1.50. The number of aromatic nitrogens is 2. The molecule has 2 aromatic heterocycles. The number of aryl methyl sites for hydroxylation is 1. The second-order valence-electron chi connectivity index (χ2n) is 7.39. The summed E-state index contributed by atoms with van der Waals surface area (Å²) in [5.74, 6) is -1.25. The fraction of sp³-hybridized carbons (Fsp3) is 0.174. The monoisotopic (exact) mass is 472 g/mol. The molecule has 0 fully saturated rings. The first-order valence-corrected chi connectivity index (χ1v) is 10.8. The Morgan fingerprint density at radius 2 is 1.79 bits per heavy atom. The third-order valence-corrected chi connectivity index (χ3v) is 5.99. The predicted molar refractivity (Wildman–Crippen MR) is 121 cm³/mol. The minimum absolute atomic E-state index is 0.0164. The van der Waals surface area contributed by atoms with Gasteiger partial charge in [-0.3, -0.25) is 14.3 Å². The Labute approximate surface area is 191 Å². The van der Waals surface area contributed by atoms with Gasteiger partial charge in [-0.1, -0.05) is 36.4 Å². The molecule has 0 aliphatic rings. The maximum atomic E-state index is 12.8. The number of carbonyl (C=O) groups excluding carboxylic acids is 2. The van der Waals surface area contributed by atoms with Crippen LogP contribution >= 0.6 is 11.3 Å². The number of thiophene rings is 1. The zero-order valence-corrected chi connectivity index (χ0v) is 18.3. The SMILES string of the molecule is Cc1nn(Cc2ccccc2)c2sc(C(=O)Nc3cccc(C(=O)NCC(F)(F)F)c3)cc12. The lowest BCUT2D eigenvalue weighted by Gasteiger charge is -2.09. The quantitative estimate of drug-likeness (QED) is 0.415. The molecule has 6 nitrogen and oxygen atoms in total. The Kier molecular flexibility index (Phi) is 6.19. The summed E-state index contributed by atoms with van der Waals surface area (Å²) in [6.45, 7) is 1.02. The van der Waals surface area contributed by atoms with Crippen LogP contribution in [0.4, 0.5) is 18.9 Å². The van der Waals surface area contributed by atoms with E-state index < -0.39 is 18.6 Å². The molecule has 4 rings (SSSR count). The van der Waals surface area contributed by atoms with E-state index in [1.807, 2.05) is 47.3 Å². The highest BCUT2D eigenvalue weighted by molar-refractivity contribution is 7.20. The summed E-state index contributed by atoms with van der Waals surface area (Å²) in [6.07, 6.45) is -4.50. The van der Waals surface area contributed by atoms with E-state index in [9.17, 15) is 22.8 Å². The van der Waals surface area contributed by atoms with Crippen LogP contribution in [0.15, 0.2) is 60.7 Å². The number of hydrogen-bond acceptors (Lipinski definition) is 4. The molecule has 4 aromatic rings. The van der Waals surface area contributed by atoms with Gasteiger partial charge >= 0.3 is 6.18 Å². The maximum Gasteiger partial charge on any atom is 0.405 e. The van der Waals surface area contributed by atoms with Gasteiger partial charge in [-0.15, -0.1) is 11.3 Å². The molecule has 0 atom stereocenters. The van der Waals surface area contributed by atoms with Gasteiger partial charge in [0.1, 0.15) is 11.4 Å². The first kappa shape index (κ1) is 22.5. The van der Waals surface area contributed by atoms with E-state index in [2.05, 4.69) is 10.4 Å². The highest BCUT2D eigenvalue weighted by Gasteiger charge is 2.28. The Morgan fingerprint density at radius 3 is 2.52 bits per heavy atom. The average Bonchev–Trinajstić information content (AvgIpc) is 3.34. The topological polar surface area (TPSA) is 76.0 Å². The van der Waals surface area contributed by atoms with Crippen molar-refractivity contribution in [2.75, 3.05) is 11.9 Å². The van der Waals surface area contributed by atoms with Crippen LogP contribution in [0.25, 0.3) is 10.2 Å². The van der Waals surface area contributed by atoms with Crippen LogP contribution in [0.2, 0.25) is 0 Å². The largest absolute Gasteiger partial charge is 0.405 e. The van der Waals surface area contributed by atoms with E-state index in [0.717, 1.165) is 21.5 Å². The third-order valence-electron chi connectivity index (χ3n) is 4.84. The van der Waals surface area contributed by atoms with Crippen molar-refractivity contribution in [3.8, 4) is 0 Å². The zero-order chi connectivity index (χ0) is 23.6. The normalized spacial score (nSPS) is 11.5. The number of nitrogens with zero attached hydrogens (tertiary/aromatic N) is 2. The van der Waals surface area contributed by atoms with E-state index in [1.54, 1.807) is 12.1 Å². The van der Waals surface area contributed by atoms with Crippen molar-refractivity contribution in [3.05, 3.63) is 82.4 Å². The summed E-state index contributed by atoms with van der Waals surface area (Å²) in [4.78, 5) is 26.1. The van der Waals surface area contributed by atoms with Crippen LogP contribution in [0, 0.1) is 6.92 Å². The molecule has 170 valence electrons. The van der Waals surface area contributed by atoms with Crippen LogP contribution in [0.1, 0.15) is 31.3 Å². The molecule has 2 amide bonds. The number of halogens is 3. The molecule has 0 aliphatic heterocycles. The maximum absolute atomic E-state index is 12.8. The summed E-state index contributed by atoms with van der Waals surface area (Å²) in [6, 6.07) is 17.4. The van der Waals surface area contributed by atoms with Crippen molar-refractivity contribution < 1.29 is 22.8 Å². The van der Waals surface area contributed by atoms with Crippen molar-refractivity contribution in [2.45, 2.75) is 19.6 Å². The molecule has 0 aliphatic carbocycles. The lowest BCUT2D eigenvalue weighted by Crippen LogP contribution is -2.33. The molecule has 0 saturated carbocycles. The first-order chi connectivity index (χ1) is 15.7. The van der Waals surface area contributed by atoms with E-state index >= 15 is 0 Å². The predicted octanol–water partition coefficient (Wildman–Crippen LogP) is 5.00. The Hall–Kier alpha value is -3.66. The van der Waals surface area contributed by atoms with Crippen molar-refractivity contribution in [1.82, 2.24) is 15.1 Å². The van der Waals surface area contributed by atoms with E-state index in [0.29, 0.717) is 17.1 Å². The van der Waals surface area contributed by atoms with E-state index in [1.165, 1.54) is 29.5 Å². The number of fused-ring (bicyclic) bond motifs is 1. The van der Waals surface area contributed by atoms with Gasteiger partial charge in [-0.05, 0) is 36.8 Å². The molecule has 33 heavy (non-hydrogen) atoms. The van der Waals surface area contributed by atoms with E-state index in [-0.39, 0.29) is 11.5 Å². The highest BCUT2D eigenvalue weighted by Crippen LogP contribution is 2.29. The van der Waals surface area contributed by atoms with Gasteiger partial charge in [0.25, 0.3) is 11.8 Å². The zero-order valence-electron chi connectivity index (χ0n) is 17.4. The summed E-state index contributed by atoms with van der Waals surface area (Å²) in [5.41, 5.74) is 2.21. The molecule has 0 unspecified atom stereocenters. The molecule has 0 bridgehead atoms. The van der Waals surface area contributed by atoms with Gasteiger partial charge in [-0.2, -0.15) is 18.3 Å². The number of alkyl halides is 3. The van der Waals surface area contributed by atoms with Crippen LogP contribution in [-0.4, -0.2) is 34.3 Å². The molecule has 0 saturated heterocycles. The van der Waals surface area contributed by atoms with Gasteiger partial charge < -0.3 is 10.6 Å². The highest BCUT2D eigenvalue weighted by atomic mass is 32.1. The van der Waals surface area contributed by atoms with Crippen LogP contribution in [0.3, 0.4) is 0 Å². The Bertz CT molecular complexity index is 1310. The molecular formula is C23H19F3N4O2S. The minimum atomic E-state index is -4.50. The summed E-state index contributed by atoms with van der Waals surface area (Å²) in [7, 11) is 0. The first-order valence-electron chi connectivity index (χ1n) is 9.97. The van der Waals surface area contributed by atoms with Crippen molar-refractivity contribution in [3.63, 3.8) is 0 Å². The summed E-state index contributed by atoms with van der Waals surface area (Å²) in [5, 5.41) is 9.96. The van der Waals surface area contributed by atoms with Gasteiger partial charge in [0.15, 0.2) is 0 Å². The second-order valence-corrected chi connectivity index (χ2v) is 8.42. The molecule has 2 heterocycles. The van der Waals surface area contributed by atoms with Gasteiger partial charge in [-0.25, -0.2) is 0 Å². The molecule has 10 heteroatoms. The standard InChI is InChI=1S/C23H19F3N4O2S/c1-14-18-11-19(33-22(18)30(29-14)12-15-6-3-2-4-7-15)21(32)28-17-9-5-8-16(10-17)20(31)27-13-23(24,25)26/h2-11H,12-13H2,1H3,(H,27,31)(H,28,32). The third kappa shape index (κ3) is 5.40. The van der Waals surface area contributed by atoms with E-state index in [4.69, 9.17) is 0 Å². The van der Waals surface area contributed by atoms with Gasteiger partial charge in [0, 0.05) is 16.6 Å². The molecule has 0 spiro atoms. The molecule has 2 aromatic carbocycles. The molecular weight excluding hydrogens is 453 g/mol. The number of nitrogens with one attached hydrogen (secondary N) is 2. The smallest absolute Gasteiger partial charge is 0.343 e. The lowest BCUT2D eigenvalue weighted by atomic mass is 10.2. The number of benzene rings is 2. The van der Waals surface area contributed by atoms with Gasteiger partial charge in [0.2, 0.25) is 0 Å². The average molecular weight is 472 g/mol. The Morgan fingerprint density at radius 1 is 1.03 bits per heavy atom. The van der Waals surface area contributed by atoms with Crippen molar-refractivity contribution in [2.24, 2.45) is 0 Å². The fourth-order valence-electron chi connectivity index (χ4n) is 3.30. The summed E-state index contributed by atoms with van der Waals surface area (Å²) >= 11 is 1.30. The van der Waals surface area contributed by atoms with Crippen LogP contribution in [-0.2, 0) is 6.54 Å². The molecule has 0 radical (unpaired) electrons. The van der Waals surface area contributed by atoms with Crippen molar-refractivity contribution in [1.29, 1.82) is 0 Å². The number of amides is 2. The molecule has 2 N–H and O–H groups in total.